The molecule has 1 heterocycles. The second-order valence-electron chi connectivity index (χ2n) is 5.62. The van der Waals surface area contributed by atoms with Gasteiger partial charge in [-0.1, -0.05) is 17.3 Å². The van der Waals surface area contributed by atoms with E-state index in [1.807, 2.05) is 0 Å². The normalized spacial score (nSPS) is 15.4. The molecule has 0 atom stereocenters. The zero-order valence-corrected chi connectivity index (χ0v) is 13.5. The fourth-order valence-corrected chi connectivity index (χ4v) is 2.53. The first-order valence-corrected chi connectivity index (χ1v) is 7.06. The maximum Gasteiger partial charge on any atom is 0.292 e. The summed E-state index contributed by atoms with van der Waals surface area (Å²) in [6.07, 6.45) is 2.77. The molecule has 1 fully saturated rings. The van der Waals surface area contributed by atoms with E-state index in [9.17, 15) is 10.1 Å². The van der Waals surface area contributed by atoms with Gasteiger partial charge in [0.25, 0.3) is 5.69 Å². The van der Waals surface area contributed by atoms with Crippen LogP contribution in [0.2, 0.25) is 0 Å². The Labute approximate surface area is 139 Å². The van der Waals surface area contributed by atoms with Crippen LogP contribution in [0.1, 0.15) is 31.0 Å². The molecule has 3 rings (SSSR count). The van der Waals surface area contributed by atoms with Gasteiger partial charge in [-0.2, -0.15) is 4.98 Å². The smallest absolute Gasteiger partial charge is 0.292 e. The van der Waals surface area contributed by atoms with Gasteiger partial charge >= 0.3 is 0 Å². The zero-order valence-electron chi connectivity index (χ0n) is 12.6. The molecule has 0 unspecified atom stereocenters. The summed E-state index contributed by atoms with van der Waals surface area (Å²) < 4.78 is 5.23. The summed E-state index contributed by atoms with van der Waals surface area (Å²) in [6.45, 7) is 0.286. The monoisotopic (exact) mass is 339 g/mol. The van der Waals surface area contributed by atoms with Crippen molar-refractivity contribution in [2.75, 3.05) is 11.9 Å². The van der Waals surface area contributed by atoms with E-state index < -0.39 is 10.5 Å². The Hall–Kier alpha value is -2.19. The summed E-state index contributed by atoms with van der Waals surface area (Å²) in [6, 6.07) is 6.54. The van der Waals surface area contributed by atoms with Gasteiger partial charge in [0.1, 0.15) is 5.69 Å². The van der Waals surface area contributed by atoms with Crippen LogP contribution in [0, 0.1) is 10.1 Å². The first-order chi connectivity index (χ1) is 10.5. The number of benzene rings is 1. The number of aromatic nitrogens is 2. The molecule has 2 N–H and O–H groups in total. The second-order valence-corrected chi connectivity index (χ2v) is 5.62. The number of nitrogens with zero attached hydrogens (tertiary/aromatic N) is 4. The van der Waals surface area contributed by atoms with Crippen LogP contribution >= 0.6 is 12.4 Å². The number of para-hydroxylation sites is 2. The van der Waals surface area contributed by atoms with Crippen LogP contribution in [0.3, 0.4) is 0 Å². The molecule has 1 aromatic heterocycles. The Morgan fingerprint density at radius 1 is 1.43 bits per heavy atom. The van der Waals surface area contributed by atoms with Crippen molar-refractivity contribution in [3.8, 4) is 0 Å². The Kier molecular flexibility index (Phi) is 4.86. The van der Waals surface area contributed by atoms with E-state index in [4.69, 9.17) is 10.3 Å². The third-order valence-corrected chi connectivity index (χ3v) is 4.02. The number of halogens is 1. The van der Waals surface area contributed by atoms with Crippen LogP contribution in [0.5, 0.6) is 0 Å². The molecule has 1 saturated carbocycles. The van der Waals surface area contributed by atoms with E-state index >= 15 is 0 Å². The fourth-order valence-electron chi connectivity index (χ4n) is 2.53. The maximum atomic E-state index is 11.1. The summed E-state index contributed by atoms with van der Waals surface area (Å²) in [5.74, 6) is 0.914. The minimum absolute atomic E-state index is 0. The summed E-state index contributed by atoms with van der Waals surface area (Å²) in [5, 5.41) is 15.0. The van der Waals surface area contributed by atoms with Crippen LogP contribution < -0.4 is 10.6 Å². The van der Waals surface area contributed by atoms with Crippen molar-refractivity contribution >= 4 is 23.8 Å². The van der Waals surface area contributed by atoms with Gasteiger partial charge < -0.3 is 15.2 Å². The molecule has 1 aromatic carbocycles. The molecule has 0 amide bonds. The Morgan fingerprint density at radius 2 is 2.13 bits per heavy atom. The molecule has 0 saturated heterocycles. The standard InChI is InChI=1S/C14H17N5O3.ClH/c1-18(10-5-2-3-6-11(10)19(20)21)9-12-16-13(17-22-12)14(15)7-4-8-14;/h2-3,5-6H,4,7-9,15H2,1H3;1H. The molecule has 0 aliphatic heterocycles. The van der Waals surface area contributed by atoms with Gasteiger partial charge in [0.15, 0.2) is 5.82 Å². The van der Waals surface area contributed by atoms with Crippen molar-refractivity contribution in [3.63, 3.8) is 0 Å². The van der Waals surface area contributed by atoms with Crippen molar-refractivity contribution in [2.24, 2.45) is 5.73 Å². The Morgan fingerprint density at radius 3 is 2.74 bits per heavy atom. The molecule has 0 bridgehead atoms. The number of hydrogen-bond donors (Lipinski definition) is 1. The molecule has 0 radical (unpaired) electrons. The zero-order chi connectivity index (χ0) is 15.7. The van der Waals surface area contributed by atoms with Crippen LogP contribution in [-0.4, -0.2) is 22.1 Å². The molecule has 1 aliphatic rings. The minimum atomic E-state index is -0.473. The van der Waals surface area contributed by atoms with Gasteiger partial charge in [-0.3, -0.25) is 10.1 Å². The molecule has 2 aromatic rings. The van der Waals surface area contributed by atoms with E-state index in [1.165, 1.54) is 6.07 Å². The third-order valence-electron chi connectivity index (χ3n) is 4.02. The van der Waals surface area contributed by atoms with E-state index in [0.29, 0.717) is 17.4 Å². The first kappa shape index (κ1) is 17.2. The van der Waals surface area contributed by atoms with Crippen molar-refractivity contribution in [3.05, 3.63) is 46.1 Å². The summed E-state index contributed by atoms with van der Waals surface area (Å²) in [5.41, 5.74) is 6.22. The molecule has 1 aliphatic carbocycles. The predicted octanol–water partition coefficient (Wildman–Crippen LogP) is 2.37. The number of anilines is 1. The quantitative estimate of drug-likeness (QED) is 0.657. The molecular weight excluding hydrogens is 322 g/mol. The highest BCUT2D eigenvalue weighted by Crippen LogP contribution is 2.37. The summed E-state index contributed by atoms with van der Waals surface area (Å²) >= 11 is 0. The lowest BCUT2D eigenvalue weighted by Crippen LogP contribution is -2.44. The largest absolute Gasteiger partial charge is 0.360 e. The molecule has 0 spiro atoms. The predicted molar refractivity (Wildman–Crippen MR) is 86.5 cm³/mol. The van der Waals surface area contributed by atoms with E-state index in [-0.39, 0.29) is 24.6 Å². The number of hydrogen-bond acceptors (Lipinski definition) is 7. The van der Waals surface area contributed by atoms with Crippen molar-refractivity contribution in [1.82, 2.24) is 10.1 Å². The number of nitrogens with two attached hydrogens (primary N) is 1. The number of nitro groups is 1. The van der Waals surface area contributed by atoms with Gasteiger partial charge in [0, 0.05) is 13.1 Å². The van der Waals surface area contributed by atoms with Crippen molar-refractivity contribution in [1.29, 1.82) is 0 Å². The highest BCUT2D eigenvalue weighted by atomic mass is 35.5. The van der Waals surface area contributed by atoms with Crippen LogP contribution in [-0.2, 0) is 12.1 Å². The Bertz CT molecular complexity index is 701. The molecule has 23 heavy (non-hydrogen) atoms. The Balaban J connectivity index is 0.00000192. The molecule has 9 heteroatoms. The second kappa shape index (κ2) is 6.51. The average molecular weight is 340 g/mol. The lowest BCUT2D eigenvalue weighted by atomic mass is 9.77. The lowest BCUT2D eigenvalue weighted by molar-refractivity contribution is -0.384. The van der Waals surface area contributed by atoms with Gasteiger partial charge in [-0.25, -0.2) is 0 Å². The first-order valence-electron chi connectivity index (χ1n) is 7.06. The average Bonchev–Trinajstić information content (AvgIpc) is 2.93. The number of nitro benzene ring substituents is 1. The van der Waals surface area contributed by atoms with E-state index in [1.54, 1.807) is 30.1 Å². The highest BCUT2D eigenvalue weighted by molar-refractivity contribution is 5.85. The summed E-state index contributed by atoms with van der Waals surface area (Å²) in [7, 11) is 1.74. The topological polar surface area (TPSA) is 111 Å². The van der Waals surface area contributed by atoms with Gasteiger partial charge in [0.2, 0.25) is 5.89 Å². The third kappa shape index (κ3) is 3.27. The SMILES string of the molecule is CN(Cc1nc(C2(N)CCC2)no1)c1ccccc1[N+](=O)[O-].Cl. The van der Waals surface area contributed by atoms with Gasteiger partial charge in [0.05, 0.1) is 17.0 Å². The van der Waals surface area contributed by atoms with Crippen molar-refractivity contribution < 1.29 is 9.45 Å². The summed E-state index contributed by atoms with van der Waals surface area (Å²) in [4.78, 5) is 16.7. The minimum Gasteiger partial charge on any atom is -0.360 e. The molecular formula is C14H18ClN5O3. The molecule has 8 nitrogen and oxygen atoms in total. The van der Waals surface area contributed by atoms with E-state index in [0.717, 1.165) is 19.3 Å². The number of rotatable bonds is 5. The van der Waals surface area contributed by atoms with E-state index in [2.05, 4.69) is 10.1 Å². The van der Waals surface area contributed by atoms with Crippen LogP contribution in [0.25, 0.3) is 0 Å². The molecule has 124 valence electrons. The van der Waals surface area contributed by atoms with Crippen LogP contribution in [0.15, 0.2) is 28.8 Å². The fraction of sp³-hybridized carbons (Fsp3) is 0.429. The van der Waals surface area contributed by atoms with Gasteiger partial charge in [-0.15, -0.1) is 12.4 Å². The lowest BCUT2D eigenvalue weighted by Gasteiger charge is -2.34. The van der Waals surface area contributed by atoms with Crippen molar-refractivity contribution in [2.45, 2.75) is 31.3 Å². The highest BCUT2D eigenvalue weighted by Gasteiger charge is 2.39. The van der Waals surface area contributed by atoms with Crippen LogP contribution in [0.4, 0.5) is 11.4 Å². The maximum absolute atomic E-state index is 11.1. The van der Waals surface area contributed by atoms with Gasteiger partial charge in [-0.05, 0) is 25.3 Å².